The van der Waals surface area contributed by atoms with Crippen molar-refractivity contribution < 1.29 is 24.2 Å². The highest BCUT2D eigenvalue weighted by atomic mass is 16.6. The van der Waals surface area contributed by atoms with E-state index in [2.05, 4.69) is 5.32 Å². The van der Waals surface area contributed by atoms with Gasteiger partial charge in [-0.15, -0.1) is 0 Å². The van der Waals surface area contributed by atoms with Crippen molar-refractivity contribution in [3.8, 4) is 5.75 Å². The molecule has 0 aliphatic carbocycles. The molecule has 0 spiro atoms. The smallest absolute Gasteiger partial charge is 0.408 e. The molecule has 128 valence electrons. The third-order valence-electron chi connectivity index (χ3n) is 2.53. The lowest BCUT2D eigenvalue weighted by atomic mass is 10.1. The first-order valence-corrected chi connectivity index (χ1v) is 7.39. The Morgan fingerprint density at radius 2 is 1.43 bits per heavy atom. The lowest BCUT2D eigenvalue weighted by Crippen LogP contribution is -2.40. The van der Waals surface area contributed by atoms with E-state index in [4.69, 9.17) is 9.47 Å². The van der Waals surface area contributed by atoms with Crippen LogP contribution in [0.5, 0.6) is 5.75 Å². The van der Waals surface area contributed by atoms with E-state index in [1.807, 2.05) is 0 Å². The molecule has 2 N–H and O–H groups in total. The zero-order valence-corrected chi connectivity index (χ0v) is 14.5. The number of phenols is 1. The minimum absolute atomic E-state index is 0.0638. The molecule has 0 aromatic heterocycles. The third kappa shape index (κ3) is 7.04. The number of amides is 1. The van der Waals surface area contributed by atoms with Crippen LogP contribution in [0.15, 0.2) is 24.3 Å². The average Bonchev–Trinajstić information content (AvgIpc) is 2.33. The SMILES string of the molecule is CC(C)(C)OC(=O)N[C@H](C(=O)OC(C)(C)C)c1ccc(O)cc1. The van der Waals surface area contributed by atoms with Gasteiger partial charge in [-0.1, -0.05) is 12.1 Å². The van der Waals surface area contributed by atoms with Crippen LogP contribution in [0.25, 0.3) is 0 Å². The monoisotopic (exact) mass is 323 g/mol. The molecule has 1 atom stereocenters. The van der Waals surface area contributed by atoms with Crippen molar-refractivity contribution in [2.45, 2.75) is 58.8 Å². The second-order valence-corrected chi connectivity index (χ2v) is 7.20. The maximum atomic E-state index is 12.4. The number of ether oxygens (including phenoxy) is 2. The Balaban J connectivity index is 2.99. The second kappa shape index (κ2) is 6.89. The Labute approximate surface area is 136 Å². The number of phenolic OH excluding ortho intramolecular Hbond substituents is 1. The summed E-state index contributed by atoms with van der Waals surface area (Å²) in [5.74, 6) is -0.539. The van der Waals surface area contributed by atoms with Crippen LogP contribution in [0, 0.1) is 0 Å². The minimum atomic E-state index is -1.02. The molecule has 0 fully saturated rings. The van der Waals surface area contributed by atoms with Gasteiger partial charge in [0.05, 0.1) is 0 Å². The number of aromatic hydroxyl groups is 1. The minimum Gasteiger partial charge on any atom is -0.508 e. The molecule has 1 aromatic carbocycles. The van der Waals surface area contributed by atoms with Gasteiger partial charge in [-0.05, 0) is 59.2 Å². The van der Waals surface area contributed by atoms with Gasteiger partial charge < -0.3 is 19.9 Å². The maximum Gasteiger partial charge on any atom is 0.408 e. The van der Waals surface area contributed by atoms with Crippen molar-refractivity contribution in [1.82, 2.24) is 5.32 Å². The summed E-state index contributed by atoms with van der Waals surface area (Å²) in [4.78, 5) is 24.4. The van der Waals surface area contributed by atoms with Crippen molar-refractivity contribution in [3.05, 3.63) is 29.8 Å². The van der Waals surface area contributed by atoms with Gasteiger partial charge in [0.15, 0.2) is 6.04 Å². The number of rotatable bonds is 3. The van der Waals surface area contributed by atoms with Crippen LogP contribution < -0.4 is 5.32 Å². The summed E-state index contributed by atoms with van der Waals surface area (Å²) < 4.78 is 10.5. The second-order valence-electron chi connectivity index (χ2n) is 7.20. The van der Waals surface area contributed by atoms with Crippen LogP contribution in [0.1, 0.15) is 53.1 Å². The standard InChI is InChI=1S/C17H25NO5/c1-16(2,3)22-14(20)13(11-7-9-12(19)10-8-11)18-15(21)23-17(4,5)6/h7-10,13,19H,1-6H3,(H,18,21)/t13-/m0/s1. The number of carbonyl (C=O) groups is 2. The Kier molecular flexibility index (Phi) is 5.64. The molecule has 1 aromatic rings. The van der Waals surface area contributed by atoms with Crippen molar-refractivity contribution in [3.63, 3.8) is 0 Å². The van der Waals surface area contributed by atoms with Crippen LogP contribution in [0.3, 0.4) is 0 Å². The molecular formula is C17H25NO5. The first kappa shape index (κ1) is 18.8. The normalized spacial score (nSPS) is 13.1. The molecule has 1 rings (SSSR count). The maximum absolute atomic E-state index is 12.4. The molecule has 0 radical (unpaired) electrons. The van der Waals surface area contributed by atoms with Gasteiger partial charge in [-0.2, -0.15) is 0 Å². The molecule has 6 heteroatoms. The van der Waals surface area contributed by atoms with E-state index < -0.39 is 29.3 Å². The topological polar surface area (TPSA) is 84.9 Å². The van der Waals surface area contributed by atoms with Crippen LogP contribution in [0.4, 0.5) is 4.79 Å². The van der Waals surface area contributed by atoms with Gasteiger partial charge in [0, 0.05) is 0 Å². The Morgan fingerprint density at radius 1 is 0.957 bits per heavy atom. The van der Waals surface area contributed by atoms with Gasteiger partial charge >= 0.3 is 12.1 Å². The van der Waals surface area contributed by atoms with Crippen LogP contribution in [0.2, 0.25) is 0 Å². The molecule has 0 aliphatic heterocycles. The first-order chi connectivity index (χ1) is 10.4. The Bertz CT molecular complexity index is 552. The molecule has 0 aliphatic rings. The van der Waals surface area contributed by atoms with E-state index in [9.17, 15) is 14.7 Å². The van der Waals surface area contributed by atoms with Crippen LogP contribution >= 0.6 is 0 Å². The molecule has 1 amide bonds. The summed E-state index contributed by atoms with van der Waals surface area (Å²) in [5.41, 5.74) is -0.887. The van der Waals surface area contributed by atoms with E-state index >= 15 is 0 Å². The van der Waals surface area contributed by atoms with E-state index in [0.717, 1.165) is 0 Å². The molecular weight excluding hydrogens is 298 g/mol. The summed E-state index contributed by atoms with van der Waals surface area (Å²) in [6.45, 7) is 10.4. The van der Waals surface area contributed by atoms with Crippen molar-refractivity contribution in [2.75, 3.05) is 0 Å². The van der Waals surface area contributed by atoms with Crippen molar-refractivity contribution in [2.24, 2.45) is 0 Å². The fraction of sp³-hybridized carbons (Fsp3) is 0.529. The third-order valence-corrected chi connectivity index (χ3v) is 2.53. The van der Waals surface area contributed by atoms with Crippen LogP contribution in [-0.4, -0.2) is 28.4 Å². The van der Waals surface area contributed by atoms with Gasteiger partial charge in [-0.25, -0.2) is 9.59 Å². The van der Waals surface area contributed by atoms with Crippen molar-refractivity contribution >= 4 is 12.1 Å². The number of carbonyl (C=O) groups excluding carboxylic acids is 2. The largest absolute Gasteiger partial charge is 0.508 e. The number of nitrogens with one attached hydrogen (secondary N) is 1. The molecule has 0 heterocycles. The zero-order chi connectivity index (χ0) is 17.8. The average molecular weight is 323 g/mol. The highest BCUT2D eigenvalue weighted by Gasteiger charge is 2.29. The van der Waals surface area contributed by atoms with E-state index in [-0.39, 0.29) is 5.75 Å². The molecule has 0 saturated heterocycles. The summed E-state index contributed by atoms with van der Waals surface area (Å²) in [5, 5.41) is 11.9. The van der Waals surface area contributed by atoms with Crippen molar-refractivity contribution in [1.29, 1.82) is 0 Å². The van der Waals surface area contributed by atoms with Gasteiger partial charge in [0.25, 0.3) is 0 Å². The highest BCUT2D eigenvalue weighted by Crippen LogP contribution is 2.21. The molecule has 0 unspecified atom stereocenters. The molecule has 0 saturated carbocycles. The Hall–Kier alpha value is -2.24. The molecule has 23 heavy (non-hydrogen) atoms. The van der Waals surface area contributed by atoms with E-state index in [1.54, 1.807) is 53.7 Å². The van der Waals surface area contributed by atoms with Crippen LogP contribution in [-0.2, 0) is 14.3 Å². The lowest BCUT2D eigenvalue weighted by molar-refractivity contribution is -0.157. The number of alkyl carbamates (subject to hydrolysis) is 1. The number of benzene rings is 1. The number of hydrogen-bond acceptors (Lipinski definition) is 5. The lowest BCUT2D eigenvalue weighted by Gasteiger charge is -2.26. The fourth-order valence-electron chi connectivity index (χ4n) is 1.73. The van der Waals surface area contributed by atoms with Gasteiger partial charge in [0.2, 0.25) is 0 Å². The first-order valence-electron chi connectivity index (χ1n) is 7.39. The summed E-state index contributed by atoms with van der Waals surface area (Å²) in [6.07, 6.45) is -0.721. The number of hydrogen-bond donors (Lipinski definition) is 2. The summed E-state index contributed by atoms with van der Waals surface area (Å²) >= 11 is 0. The van der Waals surface area contributed by atoms with Gasteiger partial charge in [0.1, 0.15) is 17.0 Å². The quantitative estimate of drug-likeness (QED) is 0.834. The highest BCUT2D eigenvalue weighted by molar-refractivity contribution is 5.83. The number of esters is 1. The fourth-order valence-corrected chi connectivity index (χ4v) is 1.73. The van der Waals surface area contributed by atoms with E-state index in [1.165, 1.54) is 12.1 Å². The molecule has 6 nitrogen and oxygen atoms in total. The predicted molar refractivity (Wildman–Crippen MR) is 86.1 cm³/mol. The zero-order valence-electron chi connectivity index (χ0n) is 14.5. The van der Waals surface area contributed by atoms with E-state index in [0.29, 0.717) is 5.56 Å². The van der Waals surface area contributed by atoms with Gasteiger partial charge in [-0.3, -0.25) is 0 Å². The summed E-state index contributed by atoms with van der Waals surface area (Å²) in [7, 11) is 0. The molecule has 0 bridgehead atoms. The Morgan fingerprint density at radius 3 is 1.87 bits per heavy atom. The predicted octanol–water partition coefficient (Wildman–Crippen LogP) is 3.30. The summed E-state index contributed by atoms with van der Waals surface area (Å²) in [6, 6.07) is 4.93.